The van der Waals surface area contributed by atoms with Crippen molar-refractivity contribution in [3.63, 3.8) is 0 Å². The van der Waals surface area contributed by atoms with Crippen LogP contribution in [0.4, 0.5) is 5.00 Å². The van der Waals surface area contributed by atoms with Crippen LogP contribution in [0.3, 0.4) is 0 Å². The van der Waals surface area contributed by atoms with E-state index >= 15 is 0 Å². The van der Waals surface area contributed by atoms with E-state index in [0.717, 1.165) is 29.3 Å². The number of hydrogen-bond acceptors (Lipinski definition) is 6. The number of benzene rings is 2. The molecule has 1 atom stereocenters. The molecule has 0 radical (unpaired) electrons. The number of fused-ring (bicyclic) bond motifs is 1. The third kappa shape index (κ3) is 3.76. The fourth-order valence-electron chi connectivity index (χ4n) is 3.44. The van der Waals surface area contributed by atoms with Gasteiger partial charge in [0.2, 0.25) is 0 Å². The molecule has 2 aromatic carbocycles. The van der Waals surface area contributed by atoms with Crippen LogP contribution in [0.25, 0.3) is 10.1 Å². The fraction of sp³-hybridized carbons (Fsp3) is 0.250. The first-order valence-electron chi connectivity index (χ1n) is 9.57. The molecule has 30 heavy (non-hydrogen) atoms. The Kier molecular flexibility index (Phi) is 5.10. The Morgan fingerprint density at radius 2 is 1.93 bits per heavy atom. The van der Waals surface area contributed by atoms with Crippen LogP contribution in [0.1, 0.15) is 24.8 Å². The third-order valence-corrected chi connectivity index (χ3v) is 8.86. The van der Waals surface area contributed by atoms with Crippen molar-refractivity contribution in [1.29, 1.82) is 0 Å². The molecule has 0 bridgehead atoms. The Balaban J connectivity index is 1.60. The zero-order chi connectivity index (χ0) is 20.7. The molecule has 1 aliphatic carbocycles. The Bertz CT molecular complexity index is 1230. The Morgan fingerprint density at radius 3 is 2.67 bits per heavy atom. The Morgan fingerprint density at radius 1 is 1.17 bits per heavy atom. The van der Waals surface area contributed by atoms with Crippen molar-refractivity contribution in [1.82, 2.24) is 5.48 Å². The number of amidine groups is 1. The lowest BCUT2D eigenvalue weighted by molar-refractivity contribution is 0.305. The summed E-state index contributed by atoms with van der Waals surface area (Å²) in [6.45, 7) is 0.413. The molecule has 1 aromatic heterocycles. The molecule has 0 amide bonds. The molecular formula is C20H19N3O4S3. The van der Waals surface area contributed by atoms with E-state index in [0.29, 0.717) is 23.0 Å². The molecule has 2 heterocycles. The summed E-state index contributed by atoms with van der Waals surface area (Å²) < 4.78 is 50.4. The Labute approximate surface area is 181 Å². The van der Waals surface area contributed by atoms with E-state index in [-0.39, 0.29) is 10.7 Å². The second-order valence-corrected chi connectivity index (χ2v) is 10.9. The Hall–Kier alpha value is -2.27. The zero-order valence-electron chi connectivity index (χ0n) is 15.9. The molecule has 1 aliphatic heterocycles. The van der Waals surface area contributed by atoms with Crippen molar-refractivity contribution < 1.29 is 16.9 Å². The van der Waals surface area contributed by atoms with E-state index in [9.17, 15) is 12.6 Å². The van der Waals surface area contributed by atoms with E-state index in [1.807, 2.05) is 30.3 Å². The van der Waals surface area contributed by atoms with Crippen LogP contribution < -0.4 is 9.79 Å². The number of nitrogens with one attached hydrogen (secondary N) is 1. The number of hydrogen-bond donors (Lipinski definition) is 1. The van der Waals surface area contributed by atoms with Crippen LogP contribution in [0.15, 0.2) is 63.9 Å². The second-order valence-electron chi connectivity index (χ2n) is 7.27. The van der Waals surface area contributed by atoms with Crippen molar-refractivity contribution in [2.24, 2.45) is 10.3 Å². The topological polar surface area (TPSA) is 88.1 Å². The van der Waals surface area contributed by atoms with Gasteiger partial charge in [-0.3, -0.25) is 4.31 Å². The maximum Gasteiger partial charge on any atom is 0.309 e. The SMILES string of the molecule is O=S1N=C(c2ccccc2S(=O)(=O)N(CCC2CC2)c2cc3ccccc3s2)NO1. The van der Waals surface area contributed by atoms with Crippen LogP contribution in [-0.2, 0) is 25.6 Å². The van der Waals surface area contributed by atoms with Gasteiger partial charge >= 0.3 is 11.3 Å². The van der Waals surface area contributed by atoms with E-state index in [1.54, 1.807) is 24.3 Å². The summed E-state index contributed by atoms with van der Waals surface area (Å²) in [6, 6.07) is 16.4. The smallest absolute Gasteiger partial charge is 0.257 e. The monoisotopic (exact) mass is 461 g/mol. The molecule has 0 spiro atoms. The van der Waals surface area contributed by atoms with Gasteiger partial charge in [0, 0.05) is 16.8 Å². The average molecular weight is 462 g/mol. The van der Waals surface area contributed by atoms with Gasteiger partial charge < -0.3 is 0 Å². The standard InChI is InChI=1S/C20H19N3O4S3/c24-29-22-20(21-27-29)16-6-2-4-8-18(16)30(25,26)23(12-11-14-9-10-14)19-13-15-5-1-3-7-17(15)28-19/h1-8,13-14H,9-12H2,(H,21,22). The first-order valence-corrected chi connectivity index (χ1v) is 12.9. The normalized spacial score (nSPS) is 18.9. The highest BCUT2D eigenvalue weighted by Gasteiger charge is 2.33. The van der Waals surface area contributed by atoms with Crippen molar-refractivity contribution in [2.45, 2.75) is 24.2 Å². The molecule has 10 heteroatoms. The lowest BCUT2D eigenvalue weighted by Gasteiger charge is -2.24. The molecule has 156 valence electrons. The van der Waals surface area contributed by atoms with Gasteiger partial charge in [-0.05, 0) is 42.0 Å². The number of rotatable bonds is 7. The lowest BCUT2D eigenvalue weighted by atomic mass is 10.2. The molecule has 1 saturated carbocycles. The average Bonchev–Trinajstić information content (AvgIpc) is 3.30. The highest BCUT2D eigenvalue weighted by Crippen LogP contribution is 2.38. The number of hydroxylamine groups is 1. The first-order chi connectivity index (χ1) is 14.5. The molecular weight excluding hydrogens is 442 g/mol. The van der Waals surface area contributed by atoms with Crippen LogP contribution in [0.2, 0.25) is 0 Å². The minimum Gasteiger partial charge on any atom is -0.257 e. The van der Waals surface area contributed by atoms with Gasteiger partial charge in [-0.1, -0.05) is 43.2 Å². The second kappa shape index (κ2) is 7.77. The largest absolute Gasteiger partial charge is 0.309 e. The predicted octanol–water partition coefficient (Wildman–Crippen LogP) is 3.76. The maximum atomic E-state index is 13.8. The summed E-state index contributed by atoms with van der Waals surface area (Å²) in [6.07, 6.45) is 3.13. The van der Waals surface area contributed by atoms with Gasteiger partial charge in [-0.25, -0.2) is 18.1 Å². The highest BCUT2D eigenvalue weighted by molar-refractivity contribution is 7.93. The summed E-state index contributed by atoms with van der Waals surface area (Å²) in [7, 11) is -3.89. The number of nitrogens with zero attached hydrogens (tertiary/aromatic N) is 2. The number of thiophene rings is 1. The third-order valence-electron chi connectivity index (χ3n) is 5.18. The van der Waals surface area contributed by atoms with E-state index in [2.05, 4.69) is 9.88 Å². The van der Waals surface area contributed by atoms with Gasteiger partial charge in [0.15, 0.2) is 5.84 Å². The van der Waals surface area contributed by atoms with Crippen LogP contribution >= 0.6 is 11.3 Å². The van der Waals surface area contributed by atoms with E-state index in [4.69, 9.17) is 4.28 Å². The summed E-state index contributed by atoms with van der Waals surface area (Å²) in [5.41, 5.74) is 2.80. The molecule has 0 saturated heterocycles. The molecule has 1 fully saturated rings. The lowest BCUT2D eigenvalue weighted by Crippen LogP contribution is -2.33. The van der Waals surface area contributed by atoms with E-state index < -0.39 is 21.3 Å². The number of sulfonamides is 1. The van der Waals surface area contributed by atoms with Crippen LogP contribution in [0.5, 0.6) is 0 Å². The number of anilines is 1. The van der Waals surface area contributed by atoms with Crippen molar-refractivity contribution in [3.05, 3.63) is 60.2 Å². The van der Waals surface area contributed by atoms with Crippen molar-refractivity contribution in [2.75, 3.05) is 10.8 Å². The van der Waals surface area contributed by atoms with Gasteiger partial charge in [0.05, 0.1) is 4.90 Å². The molecule has 3 aromatic rings. The zero-order valence-corrected chi connectivity index (χ0v) is 18.3. The molecule has 1 unspecified atom stereocenters. The highest BCUT2D eigenvalue weighted by atomic mass is 32.2. The molecule has 2 aliphatic rings. The van der Waals surface area contributed by atoms with Crippen molar-refractivity contribution in [3.8, 4) is 0 Å². The summed E-state index contributed by atoms with van der Waals surface area (Å²) in [5.74, 6) is 0.731. The molecule has 7 nitrogen and oxygen atoms in total. The quantitative estimate of drug-likeness (QED) is 0.579. The minimum absolute atomic E-state index is 0.104. The van der Waals surface area contributed by atoms with E-state index in [1.165, 1.54) is 15.6 Å². The predicted molar refractivity (Wildman–Crippen MR) is 119 cm³/mol. The van der Waals surface area contributed by atoms with Gasteiger partial charge in [-0.15, -0.1) is 15.7 Å². The van der Waals surface area contributed by atoms with Gasteiger partial charge in [-0.2, -0.15) is 4.28 Å². The van der Waals surface area contributed by atoms with Gasteiger partial charge in [0.25, 0.3) is 10.0 Å². The summed E-state index contributed by atoms with van der Waals surface area (Å²) in [4.78, 5) is 0.104. The summed E-state index contributed by atoms with van der Waals surface area (Å²) >= 11 is -0.411. The first kappa shape index (κ1) is 19.7. The molecule has 5 rings (SSSR count). The summed E-state index contributed by atoms with van der Waals surface area (Å²) in [5, 5.41) is 1.70. The maximum absolute atomic E-state index is 13.8. The van der Waals surface area contributed by atoms with Gasteiger partial charge in [0.1, 0.15) is 5.00 Å². The fourth-order valence-corrected chi connectivity index (χ4v) is 6.88. The van der Waals surface area contributed by atoms with Crippen LogP contribution in [0, 0.1) is 5.92 Å². The minimum atomic E-state index is -3.89. The van der Waals surface area contributed by atoms with Crippen LogP contribution in [-0.4, -0.2) is 25.0 Å². The molecule has 1 N–H and O–H groups in total. The van der Waals surface area contributed by atoms with Crippen molar-refractivity contribution >= 4 is 53.5 Å².